The summed E-state index contributed by atoms with van der Waals surface area (Å²) in [4.78, 5) is 29.7. The minimum absolute atomic E-state index is 0.0214. The topological polar surface area (TPSA) is 114 Å². The van der Waals surface area contributed by atoms with E-state index >= 15 is 0 Å². The fourth-order valence-corrected chi connectivity index (χ4v) is 5.00. The summed E-state index contributed by atoms with van der Waals surface area (Å²) in [5.74, 6) is -0.429. The number of piperazine rings is 1. The number of nitrogens with zero attached hydrogens (tertiary/aromatic N) is 3. The van der Waals surface area contributed by atoms with Crippen LogP contribution >= 0.6 is 0 Å². The molecule has 1 aromatic heterocycles. The fourth-order valence-electron chi connectivity index (χ4n) is 3.58. The Labute approximate surface area is 185 Å². The van der Waals surface area contributed by atoms with Crippen LogP contribution in [0.1, 0.15) is 15.9 Å². The summed E-state index contributed by atoms with van der Waals surface area (Å²) in [6.45, 7) is 0.588. The lowest BCUT2D eigenvalue weighted by Crippen LogP contribution is -2.51. The predicted molar refractivity (Wildman–Crippen MR) is 118 cm³/mol. The highest BCUT2D eigenvalue weighted by Crippen LogP contribution is 2.19. The molecule has 2 heterocycles. The van der Waals surface area contributed by atoms with E-state index in [0.717, 1.165) is 5.56 Å². The Hall–Kier alpha value is -3.74. The van der Waals surface area contributed by atoms with Crippen LogP contribution in [0.2, 0.25) is 0 Å². The van der Waals surface area contributed by atoms with Crippen LogP contribution < -0.4 is 5.56 Å². The van der Waals surface area contributed by atoms with Crippen molar-refractivity contribution < 1.29 is 13.2 Å². The van der Waals surface area contributed by atoms with E-state index in [2.05, 4.69) is 4.98 Å². The zero-order valence-corrected chi connectivity index (χ0v) is 17.9. The molecular formula is C23H20N4O4S. The number of carbonyl (C=O) groups excluding carboxylic acids is 1. The molecule has 0 saturated carbocycles. The van der Waals surface area contributed by atoms with Crippen LogP contribution in [0, 0.1) is 11.3 Å². The van der Waals surface area contributed by atoms with Crippen molar-refractivity contribution in [3.63, 3.8) is 0 Å². The molecule has 1 aliphatic rings. The normalized spacial score (nSPS) is 14.7. The number of nitrogens with one attached hydrogen (secondary N) is 1. The van der Waals surface area contributed by atoms with Gasteiger partial charge in [-0.15, -0.1) is 0 Å². The molecule has 0 radical (unpaired) electrons. The maximum atomic E-state index is 12.9. The van der Waals surface area contributed by atoms with Gasteiger partial charge in [0.05, 0.1) is 16.5 Å². The van der Waals surface area contributed by atoms with Crippen molar-refractivity contribution in [3.8, 4) is 17.3 Å². The zero-order chi connectivity index (χ0) is 22.7. The minimum Gasteiger partial charge on any atom is -0.336 e. The minimum atomic E-state index is -3.73. The molecule has 32 heavy (non-hydrogen) atoms. The number of amides is 1. The van der Waals surface area contributed by atoms with E-state index in [0.29, 0.717) is 11.3 Å². The molecule has 0 aliphatic carbocycles. The Kier molecular flexibility index (Phi) is 5.90. The van der Waals surface area contributed by atoms with Crippen molar-refractivity contribution in [2.24, 2.45) is 0 Å². The van der Waals surface area contributed by atoms with E-state index < -0.39 is 21.5 Å². The molecule has 0 spiro atoms. The van der Waals surface area contributed by atoms with Gasteiger partial charge in [0, 0.05) is 31.9 Å². The number of pyridine rings is 1. The van der Waals surface area contributed by atoms with Crippen LogP contribution in [-0.4, -0.2) is 54.7 Å². The van der Waals surface area contributed by atoms with Crippen LogP contribution in [0.3, 0.4) is 0 Å². The molecule has 1 amide bonds. The van der Waals surface area contributed by atoms with Gasteiger partial charge in [-0.1, -0.05) is 30.3 Å². The highest BCUT2D eigenvalue weighted by Gasteiger charge is 2.31. The number of aromatic amines is 1. The second kappa shape index (κ2) is 8.78. The second-order valence-corrected chi connectivity index (χ2v) is 9.25. The summed E-state index contributed by atoms with van der Waals surface area (Å²) >= 11 is 0. The third kappa shape index (κ3) is 4.19. The molecule has 0 unspecified atom stereocenters. The average Bonchev–Trinajstić information content (AvgIpc) is 2.84. The zero-order valence-electron chi connectivity index (χ0n) is 17.1. The van der Waals surface area contributed by atoms with Crippen LogP contribution in [-0.2, 0) is 10.0 Å². The maximum Gasteiger partial charge on any atom is 0.261 e. The smallest absolute Gasteiger partial charge is 0.261 e. The maximum absolute atomic E-state index is 12.9. The summed E-state index contributed by atoms with van der Waals surface area (Å²) in [5.41, 5.74) is 1.37. The molecule has 162 valence electrons. The van der Waals surface area contributed by atoms with Crippen molar-refractivity contribution in [3.05, 3.63) is 88.2 Å². The Morgan fingerprint density at radius 1 is 0.906 bits per heavy atom. The first-order chi connectivity index (χ1) is 15.4. The largest absolute Gasteiger partial charge is 0.336 e. The molecule has 0 bridgehead atoms. The Morgan fingerprint density at radius 3 is 2.16 bits per heavy atom. The highest BCUT2D eigenvalue weighted by molar-refractivity contribution is 7.89. The van der Waals surface area contributed by atoms with Crippen LogP contribution in [0.25, 0.3) is 11.3 Å². The molecule has 3 aromatic rings. The molecule has 0 atom stereocenters. The van der Waals surface area contributed by atoms with Gasteiger partial charge < -0.3 is 9.88 Å². The third-order valence-corrected chi connectivity index (χ3v) is 7.28. The quantitative estimate of drug-likeness (QED) is 0.656. The number of hydrogen-bond donors (Lipinski definition) is 1. The summed E-state index contributed by atoms with van der Waals surface area (Å²) in [5, 5.41) is 8.88. The van der Waals surface area contributed by atoms with E-state index in [-0.39, 0.29) is 36.6 Å². The third-order valence-electron chi connectivity index (χ3n) is 5.37. The van der Waals surface area contributed by atoms with Crippen molar-refractivity contribution >= 4 is 15.9 Å². The van der Waals surface area contributed by atoms with Gasteiger partial charge in [-0.2, -0.15) is 9.57 Å². The first kappa shape index (κ1) is 21.5. The lowest BCUT2D eigenvalue weighted by molar-refractivity contribution is 0.0696. The number of rotatable bonds is 4. The molecular weight excluding hydrogens is 428 g/mol. The average molecular weight is 449 g/mol. The first-order valence-electron chi connectivity index (χ1n) is 9.98. The van der Waals surface area contributed by atoms with Crippen molar-refractivity contribution in [1.29, 1.82) is 5.26 Å². The molecule has 1 N–H and O–H groups in total. The summed E-state index contributed by atoms with van der Waals surface area (Å²) in [7, 11) is -3.73. The summed E-state index contributed by atoms with van der Waals surface area (Å²) in [6, 6.07) is 20.2. The standard InChI is InChI=1S/C23H20N4O4S/c24-16-17-6-8-19(9-7-17)32(30,31)27-14-12-26(13-15-27)23(29)20-10-11-21(25-22(20)28)18-4-2-1-3-5-18/h1-11H,12-15H2,(H,25,28). The summed E-state index contributed by atoms with van der Waals surface area (Å²) < 4.78 is 27.0. The number of carbonyl (C=O) groups is 1. The molecule has 1 saturated heterocycles. The monoisotopic (exact) mass is 448 g/mol. The number of nitriles is 1. The number of benzene rings is 2. The predicted octanol–water partition coefficient (Wildman–Crippen LogP) is 2.06. The Morgan fingerprint density at radius 2 is 1.56 bits per heavy atom. The van der Waals surface area contributed by atoms with Gasteiger partial charge in [0.2, 0.25) is 10.0 Å². The lowest BCUT2D eigenvalue weighted by Gasteiger charge is -2.33. The lowest BCUT2D eigenvalue weighted by atomic mass is 10.1. The van der Waals surface area contributed by atoms with Gasteiger partial charge in [0.1, 0.15) is 5.56 Å². The number of aromatic nitrogens is 1. The molecule has 8 nitrogen and oxygen atoms in total. The van der Waals surface area contributed by atoms with E-state index in [1.165, 1.54) is 39.5 Å². The van der Waals surface area contributed by atoms with Crippen molar-refractivity contribution in [1.82, 2.24) is 14.2 Å². The fraction of sp³-hybridized carbons (Fsp3) is 0.174. The van der Waals surface area contributed by atoms with Crippen LogP contribution in [0.4, 0.5) is 0 Å². The van der Waals surface area contributed by atoms with Gasteiger partial charge in [-0.05, 0) is 42.0 Å². The number of hydrogen-bond acceptors (Lipinski definition) is 5. The first-order valence-corrected chi connectivity index (χ1v) is 11.4. The highest BCUT2D eigenvalue weighted by atomic mass is 32.2. The van der Waals surface area contributed by atoms with E-state index in [1.807, 2.05) is 36.4 Å². The van der Waals surface area contributed by atoms with Gasteiger partial charge in [0.25, 0.3) is 11.5 Å². The molecule has 9 heteroatoms. The van der Waals surface area contributed by atoms with Crippen molar-refractivity contribution in [2.75, 3.05) is 26.2 Å². The molecule has 1 aliphatic heterocycles. The van der Waals surface area contributed by atoms with E-state index in [1.54, 1.807) is 6.07 Å². The van der Waals surface area contributed by atoms with Gasteiger partial charge in [-0.3, -0.25) is 9.59 Å². The van der Waals surface area contributed by atoms with Gasteiger partial charge in [-0.25, -0.2) is 8.42 Å². The Balaban J connectivity index is 1.45. The van der Waals surface area contributed by atoms with E-state index in [4.69, 9.17) is 5.26 Å². The number of sulfonamides is 1. The van der Waals surface area contributed by atoms with E-state index in [9.17, 15) is 18.0 Å². The van der Waals surface area contributed by atoms with Crippen LogP contribution in [0.15, 0.2) is 76.4 Å². The molecule has 1 fully saturated rings. The summed E-state index contributed by atoms with van der Waals surface area (Å²) in [6.07, 6.45) is 0. The van der Waals surface area contributed by atoms with Gasteiger partial charge >= 0.3 is 0 Å². The molecule has 2 aromatic carbocycles. The SMILES string of the molecule is N#Cc1ccc(S(=O)(=O)N2CCN(C(=O)c3ccc(-c4ccccc4)[nH]c3=O)CC2)cc1. The Bertz CT molecular complexity index is 1340. The van der Waals surface area contributed by atoms with Crippen molar-refractivity contribution in [2.45, 2.75) is 4.90 Å². The molecule has 4 rings (SSSR count). The number of H-pyrrole nitrogens is 1. The second-order valence-electron chi connectivity index (χ2n) is 7.31. The van der Waals surface area contributed by atoms with Gasteiger partial charge in [0.15, 0.2) is 0 Å². The van der Waals surface area contributed by atoms with Crippen LogP contribution in [0.5, 0.6) is 0 Å².